The van der Waals surface area contributed by atoms with Crippen LogP contribution in [0.1, 0.15) is 40.0 Å². The van der Waals surface area contributed by atoms with Gasteiger partial charge in [0.2, 0.25) is 0 Å². The molecule has 2 nitrogen and oxygen atoms in total. The highest BCUT2D eigenvalue weighted by Gasteiger charge is 2.49. The molecule has 2 heterocycles. The molecule has 2 rings (SSSR count). The van der Waals surface area contributed by atoms with Crippen LogP contribution in [-0.2, 0) is 0 Å². The Balaban J connectivity index is 2.07. The first-order chi connectivity index (χ1) is 6.05. The first kappa shape index (κ1) is 9.47. The standard InChI is InChI=1S/C11H22N2/c1-10(2,3)13-9-6-11(13)4-7-12-8-5-11/h12H,4-9H2,1-3H3. The minimum atomic E-state index is 0.371. The van der Waals surface area contributed by atoms with E-state index in [9.17, 15) is 0 Å². The van der Waals surface area contributed by atoms with E-state index in [1.54, 1.807) is 0 Å². The Bertz CT molecular complexity index is 187. The van der Waals surface area contributed by atoms with E-state index in [1.807, 2.05) is 0 Å². The Kier molecular flexibility index (Phi) is 2.16. The zero-order valence-corrected chi connectivity index (χ0v) is 9.19. The van der Waals surface area contributed by atoms with Crippen LogP contribution in [0.3, 0.4) is 0 Å². The lowest BCUT2D eigenvalue weighted by Gasteiger charge is -2.60. The van der Waals surface area contributed by atoms with Crippen LogP contribution < -0.4 is 5.32 Å². The number of nitrogens with one attached hydrogen (secondary N) is 1. The lowest BCUT2D eigenvalue weighted by atomic mass is 9.74. The summed E-state index contributed by atoms with van der Waals surface area (Å²) in [5, 5.41) is 3.45. The molecule has 0 radical (unpaired) electrons. The van der Waals surface area contributed by atoms with Crippen LogP contribution in [0.4, 0.5) is 0 Å². The number of hydrogen-bond acceptors (Lipinski definition) is 2. The quantitative estimate of drug-likeness (QED) is 0.612. The van der Waals surface area contributed by atoms with Gasteiger partial charge in [0, 0.05) is 17.6 Å². The molecule has 0 amide bonds. The molecule has 0 saturated carbocycles. The van der Waals surface area contributed by atoms with E-state index in [2.05, 4.69) is 31.0 Å². The molecule has 0 aromatic carbocycles. The molecule has 0 unspecified atom stereocenters. The minimum Gasteiger partial charge on any atom is -0.317 e. The largest absolute Gasteiger partial charge is 0.317 e. The van der Waals surface area contributed by atoms with Gasteiger partial charge in [-0.3, -0.25) is 4.90 Å². The third-order valence-electron chi connectivity index (χ3n) is 3.72. The van der Waals surface area contributed by atoms with Gasteiger partial charge in [-0.05, 0) is 53.1 Å². The summed E-state index contributed by atoms with van der Waals surface area (Å²) in [7, 11) is 0. The monoisotopic (exact) mass is 182 g/mol. The summed E-state index contributed by atoms with van der Waals surface area (Å²) in [5.41, 5.74) is 0.944. The van der Waals surface area contributed by atoms with Crippen LogP contribution in [-0.4, -0.2) is 35.6 Å². The number of hydrogen-bond donors (Lipinski definition) is 1. The Hall–Kier alpha value is -0.0800. The number of nitrogens with zero attached hydrogens (tertiary/aromatic N) is 1. The van der Waals surface area contributed by atoms with Gasteiger partial charge in [-0.2, -0.15) is 0 Å². The van der Waals surface area contributed by atoms with Crippen molar-refractivity contribution in [2.24, 2.45) is 0 Å². The van der Waals surface area contributed by atoms with Crippen molar-refractivity contribution in [3.8, 4) is 0 Å². The predicted octanol–water partition coefficient (Wildman–Crippen LogP) is 1.61. The molecule has 2 aliphatic heterocycles. The van der Waals surface area contributed by atoms with Gasteiger partial charge in [0.05, 0.1) is 0 Å². The second kappa shape index (κ2) is 2.96. The third kappa shape index (κ3) is 1.50. The van der Waals surface area contributed by atoms with Crippen molar-refractivity contribution in [1.29, 1.82) is 0 Å². The third-order valence-corrected chi connectivity index (χ3v) is 3.72. The second-order valence-corrected chi connectivity index (χ2v) is 5.55. The van der Waals surface area contributed by atoms with Gasteiger partial charge in [-0.1, -0.05) is 0 Å². The van der Waals surface area contributed by atoms with Crippen molar-refractivity contribution >= 4 is 0 Å². The molecule has 13 heavy (non-hydrogen) atoms. The average Bonchev–Trinajstić information content (AvgIpc) is 2.01. The van der Waals surface area contributed by atoms with Crippen LogP contribution in [0.15, 0.2) is 0 Å². The van der Waals surface area contributed by atoms with E-state index in [0.717, 1.165) is 0 Å². The van der Waals surface area contributed by atoms with Gasteiger partial charge in [0.1, 0.15) is 0 Å². The van der Waals surface area contributed by atoms with Gasteiger partial charge in [0.15, 0.2) is 0 Å². The molecular formula is C11H22N2. The molecule has 2 aliphatic rings. The molecule has 2 saturated heterocycles. The van der Waals surface area contributed by atoms with Gasteiger partial charge < -0.3 is 5.32 Å². The van der Waals surface area contributed by atoms with E-state index in [0.29, 0.717) is 11.1 Å². The van der Waals surface area contributed by atoms with Gasteiger partial charge in [-0.15, -0.1) is 0 Å². The van der Waals surface area contributed by atoms with Gasteiger partial charge in [0.25, 0.3) is 0 Å². The molecule has 0 bridgehead atoms. The smallest absolute Gasteiger partial charge is 0.0251 e. The van der Waals surface area contributed by atoms with E-state index < -0.39 is 0 Å². The maximum absolute atomic E-state index is 3.45. The molecule has 0 aliphatic carbocycles. The topological polar surface area (TPSA) is 15.3 Å². The van der Waals surface area contributed by atoms with E-state index in [1.165, 1.54) is 38.9 Å². The van der Waals surface area contributed by atoms with Crippen molar-refractivity contribution in [2.75, 3.05) is 19.6 Å². The summed E-state index contributed by atoms with van der Waals surface area (Å²) in [4.78, 5) is 2.71. The highest BCUT2D eigenvalue weighted by atomic mass is 15.3. The number of rotatable bonds is 0. The molecule has 1 spiro atoms. The maximum atomic E-state index is 3.45. The van der Waals surface area contributed by atoms with E-state index in [4.69, 9.17) is 0 Å². The average molecular weight is 182 g/mol. The van der Waals surface area contributed by atoms with Crippen LogP contribution >= 0.6 is 0 Å². The Labute approximate surface area is 81.7 Å². The fourth-order valence-corrected chi connectivity index (χ4v) is 3.00. The highest BCUT2D eigenvalue weighted by molar-refractivity contribution is 5.06. The molecule has 76 valence electrons. The lowest BCUT2D eigenvalue weighted by Crippen LogP contribution is -2.68. The first-order valence-electron chi connectivity index (χ1n) is 5.53. The summed E-state index contributed by atoms with van der Waals surface area (Å²) in [6.45, 7) is 10.8. The SMILES string of the molecule is CC(C)(C)N1CCC12CCNCC2. The first-order valence-corrected chi connectivity index (χ1v) is 5.53. The molecule has 2 fully saturated rings. The summed E-state index contributed by atoms with van der Waals surface area (Å²) in [6.07, 6.45) is 4.13. The van der Waals surface area contributed by atoms with E-state index in [-0.39, 0.29) is 0 Å². The van der Waals surface area contributed by atoms with Crippen LogP contribution in [0.5, 0.6) is 0 Å². The molecule has 2 heteroatoms. The molecule has 0 atom stereocenters. The molecule has 0 aromatic rings. The number of likely N-dealkylation sites (tertiary alicyclic amines) is 1. The molecule has 0 aromatic heterocycles. The van der Waals surface area contributed by atoms with Crippen LogP contribution in [0, 0.1) is 0 Å². The molecular weight excluding hydrogens is 160 g/mol. The maximum Gasteiger partial charge on any atom is 0.0251 e. The summed E-state index contributed by atoms with van der Waals surface area (Å²) in [5.74, 6) is 0. The summed E-state index contributed by atoms with van der Waals surface area (Å²) < 4.78 is 0. The highest BCUT2D eigenvalue weighted by Crippen LogP contribution is 2.42. The summed E-state index contributed by atoms with van der Waals surface area (Å²) >= 11 is 0. The second-order valence-electron chi connectivity index (χ2n) is 5.55. The van der Waals surface area contributed by atoms with Crippen molar-refractivity contribution in [3.05, 3.63) is 0 Å². The van der Waals surface area contributed by atoms with E-state index >= 15 is 0 Å². The van der Waals surface area contributed by atoms with Crippen molar-refractivity contribution in [2.45, 2.75) is 51.1 Å². The van der Waals surface area contributed by atoms with Crippen molar-refractivity contribution in [3.63, 3.8) is 0 Å². The number of piperidine rings is 1. The zero-order valence-electron chi connectivity index (χ0n) is 9.19. The summed E-state index contributed by atoms with van der Waals surface area (Å²) in [6, 6.07) is 0. The van der Waals surface area contributed by atoms with Crippen molar-refractivity contribution in [1.82, 2.24) is 10.2 Å². The fourth-order valence-electron chi connectivity index (χ4n) is 3.00. The van der Waals surface area contributed by atoms with Gasteiger partial charge >= 0.3 is 0 Å². The van der Waals surface area contributed by atoms with Crippen molar-refractivity contribution < 1.29 is 0 Å². The Morgan fingerprint density at radius 2 is 1.69 bits per heavy atom. The lowest BCUT2D eigenvalue weighted by molar-refractivity contribution is -0.0963. The normalized spacial score (nSPS) is 28.8. The molecule has 1 N–H and O–H groups in total. The van der Waals surface area contributed by atoms with Gasteiger partial charge in [-0.25, -0.2) is 0 Å². The predicted molar refractivity (Wildman–Crippen MR) is 55.9 cm³/mol. The Morgan fingerprint density at radius 1 is 1.08 bits per heavy atom. The zero-order chi connectivity index (χ0) is 9.53. The Morgan fingerprint density at radius 3 is 2.08 bits per heavy atom. The fraction of sp³-hybridized carbons (Fsp3) is 1.00. The van der Waals surface area contributed by atoms with Crippen LogP contribution in [0.25, 0.3) is 0 Å². The van der Waals surface area contributed by atoms with Crippen LogP contribution in [0.2, 0.25) is 0 Å². The minimum absolute atomic E-state index is 0.371.